The molecule has 0 saturated carbocycles. The summed E-state index contributed by atoms with van der Waals surface area (Å²) < 4.78 is 32.5. The van der Waals surface area contributed by atoms with Crippen molar-refractivity contribution in [2.75, 3.05) is 93.3 Å². The van der Waals surface area contributed by atoms with Crippen LogP contribution in [-0.2, 0) is 33.2 Å². The van der Waals surface area contributed by atoms with Gasteiger partial charge in [0.2, 0.25) is 0 Å². The Balaban J connectivity index is 3.14. The second-order valence-corrected chi connectivity index (χ2v) is 10.1. The van der Waals surface area contributed by atoms with E-state index in [2.05, 4.69) is 11.8 Å². The molecule has 228 valence electrons. The first-order valence-electron chi connectivity index (χ1n) is 15.4. The third-order valence-corrected chi connectivity index (χ3v) is 6.15. The summed E-state index contributed by atoms with van der Waals surface area (Å²) in [4.78, 5) is 13.9. The number of hydrogen-bond donors (Lipinski definition) is 0. The monoisotopic (exact) mass is 547 g/mol. The topological polar surface area (TPSA) is 75.7 Å². The van der Waals surface area contributed by atoms with Crippen LogP contribution in [0.5, 0.6) is 0 Å². The second-order valence-electron chi connectivity index (χ2n) is 10.1. The summed E-state index contributed by atoms with van der Waals surface area (Å²) in [7, 11) is 4.05. The lowest BCUT2D eigenvalue weighted by atomic mass is 10.0. The fourth-order valence-electron chi connectivity index (χ4n) is 3.80. The number of unbranched alkanes of at least 4 members (excludes halogenated alkanes) is 12. The third kappa shape index (κ3) is 33.3. The zero-order valence-electron chi connectivity index (χ0n) is 25.2. The van der Waals surface area contributed by atoms with Crippen LogP contribution in [0.3, 0.4) is 0 Å². The molecule has 0 aromatic carbocycles. The lowest BCUT2D eigenvalue weighted by molar-refractivity contribution is -0.145. The maximum Gasteiger partial charge on any atom is 0.305 e. The zero-order valence-corrected chi connectivity index (χ0v) is 25.2. The van der Waals surface area contributed by atoms with E-state index in [1.807, 2.05) is 14.1 Å². The summed E-state index contributed by atoms with van der Waals surface area (Å²) >= 11 is 0. The number of carbonyl (C=O) groups is 1. The Labute approximate surface area is 234 Å². The molecule has 0 heterocycles. The van der Waals surface area contributed by atoms with Gasteiger partial charge >= 0.3 is 5.97 Å². The highest BCUT2D eigenvalue weighted by atomic mass is 16.6. The van der Waals surface area contributed by atoms with E-state index in [0.717, 1.165) is 26.0 Å². The normalized spacial score (nSPS) is 11.5. The molecule has 0 aliphatic carbocycles. The predicted molar refractivity (Wildman–Crippen MR) is 154 cm³/mol. The summed E-state index contributed by atoms with van der Waals surface area (Å²) in [5, 5.41) is 0. The summed E-state index contributed by atoms with van der Waals surface area (Å²) in [6.07, 6.45) is 17.5. The molecule has 0 aromatic rings. The third-order valence-electron chi connectivity index (χ3n) is 6.15. The summed E-state index contributed by atoms with van der Waals surface area (Å²) in [5.74, 6) is -0.120. The van der Waals surface area contributed by atoms with Crippen molar-refractivity contribution in [2.45, 2.75) is 96.8 Å². The molecule has 0 spiro atoms. The molecule has 0 fully saturated rings. The van der Waals surface area contributed by atoms with Crippen molar-refractivity contribution >= 4 is 5.97 Å². The maximum absolute atomic E-state index is 11.8. The Morgan fingerprint density at radius 2 is 0.816 bits per heavy atom. The van der Waals surface area contributed by atoms with Crippen LogP contribution in [0.1, 0.15) is 96.8 Å². The minimum Gasteiger partial charge on any atom is -0.463 e. The molecule has 0 aliphatic heterocycles. The van der Waals surface area contributed by atoms with Gasteiger partial charge in [0, 0.05) is 13.0 Å². The molecule has 0 aliphatic rings. The van der Waals surface area contributed by atoms with Crippen molar-refractivity contribution in [1.82, 2.24) is 4.90 Å². The SMILES string of the molecule is CCCCCCCCCCCCCCCC(=O)OCCOCCOCCOCCOCCOCCN(C)C. The number of likely N-dealkylation sites (N-methyl/N-ethyl adjacent to an activating group) is 1. The van der Waals surface area contributed by atoms with Crippen LogP contribution in [-0.4, -0.2) is 104 Å². The highest BCUT2D eigenvalue weighted by Crippen LogP contribution is 2.13. The first-order chi connectivity index (χ1) is 18.7. The molecular formula is C30H61NO7. The molecule has 0 amide bonds. The molecule has 0 aromatic heterocycles. The van der Waals surface area contributed by atoms with E-state index < -0.39 is 0 Å². The highest BCUT2D eigenvalue weighted by molar-refractivity contribution is 5.69. The Morgan fingerprint density at radius 3 is 1.21 bits per heavy atom. The van der Waals surface area contributed by atoms with Crippen molar-refractivity contribution in [3.63, 3.8) is 0 Å². The van der Waals surface area contributed by atoms with Gasteiger partial charge in [0.15, 0.2) is 0 Å². The van der Waals surface area contributed by atoms with E-state index in [1.165, 1.54) is 70.6 Å². The Bertz CT molecular complexity index is 466. The smallest absolute Gasteiger partial charge is 0.305 e. The average molecular weight is 548 g/mol. The number of nitrogens with zero attached hydrogens (tertiary/aromatic N) is 1. The van der Waals surface area contributed by atoms with Crippen LogP contribution in [0.4, 0.5) is 0 Å². The molecule has 0 atom stereocenters. The second kappa shape index (κ2) is 32.4. The van der Waals surface area contributed by atoms with Crippen LogP contribution in [0.15, 0.2) is 0 Å². The summed E-state index contributed by atoms with van der Waals surface area (Å²) in [6.45, 7) is 8.93. The molecule has 0 N–H and O–H groups in total. The van der Waals surface area contributed by atoms with Gasteiger partial charge in [-0.1, -0.05) is 84.0 Å². The van der Waals surface area contributed by atoms with Crippen LogP contribution in [0, 0.1) is 0 Å². The highest BCUT2D eigenvalue weighted by Gasteiger charge is 2.03. The Kier molecular flexibility index (Phi) is 31.8. The number of hydrogen-bond acceptors (Lipinski definition) is 8. The first kappa shape index (κ1) is 37.2. The summed E-state index contributed by atoms with van der Waals surface area (Å²) in [6, 6.07) is 0. The minimum atomic E-state index is -0.120. The number of rotatable bonds is 32. The number of carbonyl (C=O) groups excluding carboxylic acids is 1. The molecule has 8 nitrogen and oxygen atoms in total. The van der Waals surface area contributed by atoms with Gasteiger partial charge in [-0.25, -0.2) is 0 Å². The first-order valence-corrected chi connectivity index (χ1v) is 15.4. The largest absolute Gasteiger partial charge is 0.463 e. The average Bonchev–Trinajstić information content (AvgIpc) is 2.90. The zero-order chi connectivity index (χ0) is 27.8. The van der Waals surface area contributed by atoms with Crippen LogP contribution in [0.25, 0.3) is 0 Å². The van der Waals surface area contributed by atoms with Gasteiger partial charge in [0.1, 0.15) is 6.61 Å². The van der Waals surface area contributed by atoms with Crippen molar-refractivity contribution in [3.8, 4) is 0 Å². The van der Waals surface area contributed by atoms with E-state index in [9.17, 15) is 4.79 Å². The Hall–Kier alpha value is -0.770. The standard InChI is InChI=1S/C30H61NO7/c1-4-5-6-7-8-9-10-11-12-13-14-15-16-17-30(32)38-29-28-37-27-26-36-25-24-35-23-22-34-21-20-33-19-18-31(2)3/h4-29H2,1-3H3. The molecule has 8 heteroatoms. The van der Waals surface area contributed by atoms with Gasteiger partial charge in [-0.05, 0) is 20.5 Å². The van der Waals surface area contributed by atoms with Crippen molar-refractivity contribution in [1.29, 1.82) is 0 Å². The molecule has 0 radical (unpaired) electrons. The summed E-state index contributed by atoms with van der Waals surface area (Å²) in [5.41, 5.74) is 0. The molecule has 0 unspecified atom stereocenters. The van der Waals surface area contributed by atoms with Gasteiger partial charge in [-0.3, -0.25) is 4.79 Å². The number of esters is 1. The van der Waals surface area contributed by atoms with Crippen LogP contribution in [0.2, 0.25) is 0 Å². The van der Waals surface area contributed by atoms with Crippen LogP contribution >= 0.6 is 0 Å². The van der Waals surface area contributed by atoms with E-state index in [0.29, 0.717) is 72.5 Å². The van der Waals surface area contributed by atoms with Crippen molar-refractivity contribution < 1.29 is 33.2 Å². The van der Waals surface area contributed by atoms with Gasteiger partial charge in [-0.15, -0.1) is 0 Å². The molecule has 0 saturated heterocycles. The lowest BCUT2D eigenvalue weighted by Gasteiger charge is -2.10. The van der Waals surface area contributed by atoms with E-state index in [4.69, 9.17) is 28.4 Å². The van der Waals surface area contributed by atoms with Gasteiger partial charge < -0.3 is 33.3 Å². The van der Waals surface area contributed by atoms with E-state index >= 15 is 0 Å². The fraction of sp³-hybridized carbons (Fsp3) is 0.967. The van der Waals surface area contributed by atoms with Crippen molar-refractivity contribution in [2.24, 2.45) is 0 Å². The molecular weight excluding hydrogens is 486 g/mol. The van der Waals surface area contributed by atoms with Gasteiger partial charge in [-0.2, -0.15) is 0 Å². The fourth-order valence-corrected chi connectivity index (χ4v) is 3.80. The Morgan fingerprint density at radius 1 is 0.474 bits per heavy atom. The lowest BCUT2D eigenvalue weighted by Crippen LogP contribution is -2.19. The van der Waals surface area contributed by atoms with E-state index in [1.54, 1.807) is 0 Å². The number of ether oxygens (including phenoxy) is 6. The predicted octanol–water partition coefficient (Wildman–Crippen LogP) is 5.66. The quantitative estimate of drug-likeness (QED) is 0.0789. The molecule has 38 heavy (non-hydrogen) atoms. The van der Waals surface area contributed by atoms with Gasteiger partial charge in [0.05, 0.1) is 66.1 Å². The molecule has 0 rings (SSSR count). The molecule has 0 bridgehead atoms. The van der Waals surface area contributed by atoms with Gasteiger partial charge in [0.25, 0.3) is 0 Å². The van der Waals surface area contributed by atoms with Crippen LogP contribution < -0.4 is 0 Å². The minimum absolute atomic E-state index is 0.120. The van der Waals surface area contributed by atoms with Crippen molar-refractivity contribution in [3.05, 3.63) is 0 Å². The maximum atomic E-state index is 11.8. The van der Waals surface area contributed by atoms with E-state index in [-0.39, 0.29) is 5.97 Å².